The summed E-state index contributed by atoms with van der Waals surface area (Å²) in [6.45, 7) is 89.0. The molecule has 0 saturated carbocycles. The van der Waals surface area contributed by atoms with Gasteiger partial charge in [0.2, 0.25) is 0 Å². The molecule has 0 unspecified atom stereocenters. The minimum absolute atomic E-state index is 0.0105. The molecule has 2 aromatic rings. The minimum Gasteiger partial charge on any atom is -0.421 e. The van der Waals surface area contributed by atoms with Crippen LogP contribution >= 0.6 is 0 Å². The Bertz CT molecular complexity index is 2270. The smallest absolute Gasteiger partial charge is 0.280 e. The van der Waals surface area contributed by atoms with E-state index in [1.165, 1.54) is 26.7 Å². The highest BCUT2D eigenvalue weighted by atomic mass is 28.4. The molecule has 2 heterocycles. The van der Waals surface area contributed by atoms with Gasteiger partial charge >= 0.3 is 0 Å². The highest BCUT2D eigenvalue weighted by Gasteiger charge is 2.71. The number of hydrogen-bond acceptors (Lipinski definition) is 2. The van der Waals surface area contributed by atoms with Gasteiger partial charge in [0.25, 0.3) is 16.6 Å². The lowest BCUT2D eigenvalue weighted by atomic mass is 9.85. The Hall–Kier alpha value is 0.00883. The first-order valence-corrected chi connectivity index (χ1v) is 61.4. The van der Waals surface area contributed by atoms with E-state index in [2.05, 4.69) is 251 Å². The normalized spacial score (nSPS) is 21.4. The van der Waals surface area contributed by atoms with Crippen molar-refractivity contribution in [3.63, 3.8) is 0 Å². The molecule has 1 N–H and O–H groups in total. The van der Waals surface area contributed by atoms with E-state index in [4.69, 9.17) is 0 Å². The molecule has 0 atom stereocenters. The van der Waals surface area contributed by atoms with Crippen molar-refractivity contribution < 1.29 is 9.22 Å². The van der Waals surface area contributed by atoms with E-state index >= 15 is 4.80 Å². The summed E-state index contributed by atoms with van der Waals surface area (Å²) in [5.41, 5.74) is 9.45. The van der Waals surface area contributed by atoms with Crippen LogP contribution in [-0.2, 0) is 20.1 Å². The lowest BCUT2D eigenvalue weighted by Crippen LogP contribution is -2.69. The average Bonchev–Trinajstić information content (AvgIpc) is 3.44. The Morgan fingerprint density at radius 2 is 0.667 bits per heavy atom. The molecule has 1 spiro atoms. The van der Waals surface area contributed by atoms with Gasteiger partial charge in [-0.1, -0.05) is 251 Å². The summed E-state index contributed by atoms with van der Waals surface area (Å²) in [7, 11) is -22.6. The van der Waals surface area contributed by atoms with Gasteiger partial charge in [0.15, 0.2) is 0 Å². The monoisotopic (exact) mass is 1150 g/mol. The highest BCUT2D eigenvalue weighted by molar-refractivity contribution is 7.12. The van der Waals surface area contributed by atoms with E-state index in [9.17, 15) is 4.43 Å². The number of fused-ring (bicyclic) bond motifs is 2. The van der Waals surface area contributed by atoms with Gasteiger partial charge in [-0.15, -0.1) is 0 Å². The lowest BCUT2D eigenvalue weighted by molar-refractivity contribution is 0.230. The molecule has 2 aromatic carbocycles. The van der Waals surface area contributed by atoms with Gasteiger partial charge in [-0.2, -0.15) is 0 Å². The van der Waals surface area contributed by atoms with Crippen molar-refractivity contribution in [2.75, 3.05) is 0 Å². The summed E-state index contributed by atoms with van der Waals surface area (Å²) < 4.78 is 9.21. The summed E-state index contributed by atoms with van der Waals surface area (Å²) in [5, 5.41) is 10.8. The molecule has 72 heavy (non-hydrogen) atoms. The van der Waals surface area contributed by atoms with Crippen molar-refractivity contribution in [1.82, 2.24) is 0 Å². The van der Waals surface area contributed by atoms with Crippen molar-refractivity contribution in [1.29, 1.82) is 0 Å². The zero-order valence-corrected chi connectivity index (χ0v) is 64.2. The van der Waals surface area contributed by atoms with Crippen LogP contribution in [0.25, 0.3) is 0 Å². The summed E-state index contributed by atoms with van der Waals surface area (Å²) in [5.74, 6) is 0. The molecule has 0 aliphatic carbocycles. The SMILES string of the molecule is CCC1=C(CC)[Si]2(OC([Si](C)(C)C)([Si](C)(C)C)c3cc(C(C)(C)C)cc(C([Si](C)(C)C)[Si](C)(C)C)c32)C(CC)=C(CC)[Si]1(O)c1c(C([Si](C)(C)C)[Si](C)(C)C)cc(C(C)(C)C)cc1C([Si](C)(C)C)[Si](C)(C)C. The number of benzene rings is 2. The van der Waals surface area contributed by atoms with Crippen LogP contribution in [0.15, 0.2) is 45.1 Å². The van der Waals surface area contributed by atoms with Crippen LogP contribution in [0.3, 0.4) is 0 Å². The first-order valence-electron chi connectivity index (χ1n) is 29.0. The maximum absolute atomic E-state index is 15.9. The van der Waals surface area contributed by atoms with Gasteiger partial charge < -0.3 is 9.22 Å². The van der Waals surface area contributed by atoms with E-state index in [0.717, 1.165) is 25.7 Å². The summed E-state index contributed by atoms with van der Waals surface area (Å²) in [6, 6.07) is 11.1. The predicted octanol–water partition coefficient (Wildman–Crippen LogP) is 18.2. The van der Waals surface area contributed by atoms with Crippen LogP contribution in [-0.4, -0.2) is 86.0 Å². The second kappa shape index (κ2) is 20.0. The van der Waals surface area contributed by atoms with Crippen molar-refractivity contribution in [2.45, 2.75) is 283 Å². The van der Waals surface area contributed by atoms with Gasteiger partial charge in [0, 0.05) is 48.4 Å². The average molecular weight is 1150 g/mol. The van der Waals surface area contributed by atoms with Crippen molar-refractivity contribution >= 4 is 91.6 Å². The van der Waals surface area contributed by atoms with E-state index in [1.807, 2.05) is 0 Å². The summed E-state index contributed by atoms with van der Waals surface area (Å²) in [6.07, 6.45) is 3.63. The topological polar surface area (TPSA) is 29.5 Å². The van der Waals surface area contributed by atoms with E-state index < -0.39 is 81.2 Å². The standard InChI is InChI=1S/C60H118O2Si10/c1-35-49-51(37-3)72(54-47(57(67(23,24)25)68(26,27)28)41-44(59(8,9)10)42-48(54)60(62-72,69(29,30)31)70(32,33)34)52(38-4)50(36-2)71(49,61)53-45(55(63(11,12)13)64(14,15)16)39-43(58(5,6)7)40-46(53)56(65(17,18)19)66(20,21)22/h39-42,55-57,61H,35-38H2,1-34H3. The van der Waals surface area contributed by atoms with Gasteiger partial charge in [-0.3, -0.25) is 0 Å². The Labute approximate surface area is 459 Å². The molecular weight excluding hydrogens is 1030 g/mol. The number of rotatable bonds is 16. The second-order valence-electron chi connectivity index (χ2n) is 34.0. The molecule has 410 valence electrons. The van der Waals surface area contributed by atoms with Crippen molar-refractivity contribution in [2.24, 2.45) is 0 Å². The zero-order chi connectivity index (χ0) is 56.5. The van der Waals surface area contributed by atoms with Crippen LogP contribution in [0.2, 0.25) is 157 Å². The molecule has 0 fully saturated rings. The fraction of sp³-hybridized carbons (Fsp3) is 0.733. The largest absolute Gasteiger partial charge is 0.421 e. The predicted molar refractivity (Wildman–Crippen MR) is 356 cm³/mol. The molecular formula is C60H118O2Si10. The Morgan fingerprint density at radius 3 is 0.889 bits per heavy atom. The zero-order valence-electron chi connectivity index (χ0n) is 54.2. The summed E-state index contributed by atoms with van der Waals surface area (Å²) in [4.78, 5) is 15.6. The van der Waals surface area contributed by atoms with Crippen LogP contribution < -0.4 is 10.4 Å². The quantitative estimate of drug-likeness (QED) is 0.170. The van der Waals surface area contributed by atoms with Crippen LogP contribution in [0, 0.1) is 0 Å². The third kappa shape index (κ3) is 11.0. The Balaban J connectivity index is 2.70. The third-order valence-corrected chi connectivity index (χ3v) is 65.1. The molecule has 2 aliphatic heterocycles. The molecule has 2 nitrogen and oxygen atoms in total. The van der Waals surface area contributed by atoms with Gasteiger partial charge in [-0.25, -0.2) is 0 Å². The van der Waals surface area contributed by atoms with Gasteiger partial charge in [0.1, 0.15) is 0 Å². The van der Waals surface area contributed by atoms with Crippen molar-refractivity contribution in [3.8, 4) is 0 Å². The first kappa shape index (κ1) is 64.5. The molecule has 0 aromatic heterocycles. The van der Waals surface area contributed by atoms with E-state index in [0.29, 0.717) is 15.5 Å². The lowest BCUT2D eigenvalue weighted by Gasteiger charge is -2.54. The number of hydrogen-bond donors (Lipinski definition) is 1. The third-order valence-electron chi connectivity index (χ3n) is 17.6. The van der Waals surface area contributed by atoms with Crippen LogP contribution in [0.4, 0.5) is 0 Å². The van der Waals surface area contributed by atoms with E-state index in [-0.39, 0.29) is 15.7 Å². The molecule has 0 bridgehead atoms. The Morgan fingerprint density at radius 1 is 0.417 bits per heavy atom. The second-order valence-corrected chi connectivity index (χ2v) is 84.9. The maximum atomic E-state index is 15.9. The van der Waals surface area contributed by atoms with Crippen molar-refractivity contribution in [3.05, 3.63) is 78.4 Å². The molecule has 0 saturated heterocycles. The molecule has 12 heteroatoms. The summed E-state index contributed by atoms with van der Waals surface area (Å²) >= 11 is 0. The first-order chi connectivity index (χ1) is 31.8. The fourth-order valence-corrected chi connectivity index (χ4v) is 82.7. The Kier molecular flexibility index (Phi) is 17.9. The molecule has 0 radical (unpaired) electrons. The van der Waals surface area contributed by atoms with Gasteiger partial charge in [0.05, 0.1) is 21.0 Å². The molecule has 4 rings (SSSR count). The van der Waals surface area contributed by atoms with Gasteiger partial charge in [-0.05, 0) is 117 Å². The van der Waals surface area contributed by atoms with E-state index in [1.54, 1.807) is 37.8 Å². The maximum Gasteiger partial charge on any atom is 0.280 e. The number of allylic oxidation sites excluding steroid dienone is 4. The van der Waals surface area contributed by atoms with Crippen LogP contribution in [0.1, 0.15) is 144 Å². The molecule has 0 amide bonds. The molecule has 2 aliphatic rings. The fourth-order valence-electron chi connectivity index (χ4n) is 17.1. The minimum atomic E-state index is -3.72. The highest BCUT2D eigenvalue weighted by Crippen LogP contribution is 2.59. The van der Waals surface area contributed by atoms with Crippen LogP contribution in [0.5, 0.6) is 0 Å².